The molecule has 6 heteroatoms. The highest BCUT2D eigenvalue weighted by molar-refractivity contribution is 6.30. The van der Waals surface area contributed by atoms with Crippen LogP contribution in [0, 0.1) is 17.1 Å². The van der Waals surface area contributed by atoms with Crippen LogP contribution in [-0.2, 0) is 0 Å². The molecule has 0 saturated heterocycles. The van der Waals surface area contributed by atoms with Gasteiger partial charge in [0, 0.05) is 6.07 Å². The van der Waals surface area contributed by atoms with E-state index in [0.717, 1.165) is 12.1 Å². The second kappa shape index (κ2) is 4.20. The molecule has 0 bridgehead atoms. The van der Waals surface area contributed by atoms with Crippen LogP contribution in [0.2, 0.25) is 5.02 Å². The first-order valence-corrected chi connectivity index (χ1v) is 3.76. The highest BCUT2D eigenvalue weighted by atomic mass is 35.5. The van der Waals surface area contributed by atoms with Gasteiger partial charge in [-0.15, -0.1) is 0 Å². The van der Waals surface area contributed by atoms with Crippen LogP contribution in [0.15, 0.2) is 12.1 Å². The summed E-state index contributed by atoms with van der Waals surface area (Å²) in [7, 11) is 0. The lowest BCUT2D eigenvalue weighted by Gasteiger charge is -2.06. The lowest BCUT2D eigenvalue weighted by molar-refractivity contribution is -0.0500. The van der Waals surface area contributed by atoms with Crippen LogP contribution in [0.5, 0.6) is 5.75 Å². The van der Waals surface area contributed by atoms with Crippen LogP contribution < -0.4 is 4.74 Å². The molecule has 2 nitrogen and oxygen atoms in total. The average molecular weight is 222 g/mol. The fraction of sp³-hybridized carbons (Fsp3) is 0.125. The maximum absolute atomic E-state index is 12.8. The van der Waals surface area contributed by atoms with Crippen molar-refractivity contribution in [3.63, 3.8) is 0 Å². The first-order valence-electron chi connectivity index (χ1n) is 3.38. The average Bonchev–Trinajstić information content (AvgIpc) is 2.10. The van der Waals surface area contributed by atoms with Gasteiger partial charge in [-0.25, -0.2) is 4.39 Å². The summed E-state index contributed by atoms with van der Waals surface area (Å²) in [5.74, 6) is -1.29. The summed E-state index contributed by atoms with van der Waals surface area (Å²) in [5.41, 5.74) is -0.327. The summed E-state index contributed by atoms with van der Waals surface area (Å²) < 4.78 is 40.3. The van der Waals surface area contributed by atoms with Gasteiger partial charge in [-0.1, -0.05) is 11.6 Å². The van der Waals surface area contributed by atoms with E-state index in [1.165, 1.54) is 6.07 Å². The molecule has 0 aliphatic heterocycles. The number of hydrogen-bond acceptors (Lipinski definition) is 2. The molecule has 0 heterocycles. The third kappa shape index (κ3) is 2.30. The monoisotopic (exact) mass is 221 g/mol. The molecule has 0 amide bonds. The van der Waals surface area contributed by atoms with E-state index in [1.54, 1.807) is 0 Å². The largest absolute Gasteiger partial charge is 0.433 e. The fourth-order valence-corrected chi connectivity index (χ4v) is 0.963. The number of rotatable bonds is 2. The SMILES string of the molecule is N#Cc1cc(F)c(Cl)cc1OC(F)F. The number of benzene rings is 1. The zero-order chi connectivity index (χ0) is 10.7. The van der Waals surface area contributed by atoms with E-state index in [2.05, 4.69) is 4.74 Å². The number of hydrogen-bond donors (Lipinski definition) is 0. The normalized spacial score (nSPS) is 10.0. The Bertz CT molecular complexity index is 389. The van der Waals surface area contributed by atoms with Crippen molar-refractivity contribution in [2.45, 2.75) is 6.61 Å². The fourth-order valence-electron chi connectivity index (χ4n) is 0.809. The van der Waals surface area contributed by atoms with E-state index in [1.807, 2.05) is 0 Å². The van der Waals surface area contributed by atoms with Crippen molar-refractivity contribution in [2.24, 2.45) is 0 Å². The summed E-state index contributed by atoms with van der Waals surface area (Å²) in [6.45, 7) is -3.08. The van der Waals surface area contributed by atoms with Gasteiger partial charge in [-0.05, 0) is 6.07 Å². The first-order chi connectivity index (χ1) is 6.54. The van der Waals surface area contributed by atoms with E-state index in [-0.39, 0.29) is 10.6 Å². The number of nitrogens with zero attached hydrogens (tertiary/aromatic N) is 1. The maximum atomic E-state index is 12.8. The van der Waals surface area contributed by atoms with E-state index in [0.29, 0.717) is 0 Å². The Kier molecular flexibility index (Phi) is 3.20. The molecule has 0 fully saturated rings. The predicted molar refractivity (Wildman–Crippen MR) is 42.8 cm³/mol. The predicted octanol–water partition coefficient (Wildman–Crippen LogP) is 2.95. The van der Waals surface area contributed by atoms with Gasteiger partial charge in [-0.3, -0.25) is 0 Å². The van der Waals surface area contributed by atoms with E-state index >= 15 is 0 Å². The van der Waals surface area contributed by atoms with Gasteiger partial charge in [0.25, 0.3) is 0 Å². The smallest absolute Gasteiger partial charge is 0.387 e. The van der Waals surface area contributed by atoms with Crippen LogP contribution in [0.3, 0.4) is 0 Å². The number of halogens is 4. The van der Waals surface area contributed by atoms with E-state index < -0.39 is 18.2 Å². The molecule has 0 unspecified atom stereocenters. The van der Waals surface area contributed by atoms with Gasteiger partial charge in [-0.2, -0.15) is 14.0 Å². The number of alkyl halides is 2. The van der Waals surface area contributed by atoms with Crippen molar-refractivity contribution in [3.8, 4) is 11.8 Å². The Balaban J connectivity index is 3.15. The van der Waals surface area contributed by atoms with Crippen molar-refractivity contribution in [3.05, 3.63) is 28.5 Å². The lowest BCUT2D eigenvalue weighted by Crippen LogP contribution is -2.03. The molecular weight excluding hydrogens is 219 g/mol. The molecule has 14 heavy (non-hydrogen) atoms. The second-order valence-electron chi connectivity index (χ2n) is 2.25. The van der Waals surface area contributed by atoms with Crippen molar-refractivity contribution in [1.29, 1.82) is 5.26 Å². The highest BCUT2D eigenvalue weighted by Gasteiger charge is 2.13. The van der Waals surface area contributed by atoms with E-state index in [9.17, 15) is 13.2 Å². The minimum atomic E-state index is -3.08. The van der Waals surface area contributed by atoms with E-state index in [4.69, 9.17) is 16.9 Å². The van der Waals surface area contributed by atoms with Crippen molar-refractivity contribution in [1.82, 2.24) is 0 Å². The van der Waals surface area contributed by atoms with Gasteiger partial charge in [0.1, 0.15) is 17.6 Å². The second-order valence-corrected chi connectivity index (χ2v) is 2.66. The zero-order valence-corrected chi connectivity index (χ0v) is 7.36. The van der Waals surface area contributed by atoms with Crippen LogP contribution >= 0.6 is 11.6 Å². The third-order valence-corrected chi connectivity index (χ3v) is 1.65. The topological polar surface area (TPSA) is 33.0 Å². The summed E-state index contributed by atoms with van der Waals surface area (Å²) in [5, 5.41) is 8.09. The Hall–Kier alpha value is -1.41. The molecular formula is C8H3ClF3NO. The molecule has 0 saturated carbocycles. The van der Waals surface area contributed by atoms with Crippen LogP contribution in [0.25, 0.3) is 0 Å². The molecule has 0 aliphatic carbocycles. The minimum absolute atomic E-state index is 0.327. The quantitative estimate of drug-likeness (QED) is 0.769. The molecule has 0 N–H and O–H groups in total. The molecule has 74 valence electrons. The molecule has 0 atom stereocenters. The lowest BCUT2D eigenvalue weighted by atomic mass is 10.2. The van der Waals surface area contributed by atoms with Crippen molar-refractivity contribution < 1.29 is 17.9 Å². The number of ether oxygens (including phenoxy) is 1. The standard InChI is InChI=1S/C8H3ClF3NO/c9-5-2-7(14-8(11)12)4(3-13)1-6(5)10/h1-2,8H. The molecule has 0 aromatic heterocycles. The van der Waals surface area contributed by atoms with Crippen molar-refractivity contribution >= 4 is 11.6 Å². The summed E-state index contributed by atoms with van der Waals surface area (Å²) >= 11 is 5.32. The molecule has 1 rings (SSSR count). The molecule has 0 aliphatic rings. The van der Waals surface area contributed by atoms with Crippen LogP contribution in [0.1, 0.15) is 5.56 Å². The third-order valence-electron chi connectivity index (χ3n) is 1.36. The number of nitriles is 1. The van der Waals surface area contributed by atoms with Gasteiger partial charge in [0.15, 0.2) is 0 Å². The van der Waals surface area contributed by atoms with Gasteiger partial charge < -0.3 is 4.74 Å². The van der Waals surface area contributed by atoms with Gasteiger partial charge in [0.2, 0.25) is 0 Å². The van der Waals surface area contributed by atoms with Crippen LogP contribution in [0.4, 0.5) is 13.2 Å². The molecule has 0 spiro atoms. The zero-order valence-electron chi connectivity index (χ0n) is 6.60. The Morgan fingerprint density at radius 1 is 1.43 bits per heavy atom. The Morgan fingerprint density at radius 2 is 2.07 bits per heavy atom. The Morgan fingerprint density at radius 3 is 2.57 bits per heavy atom. The summed E-state index contributed by atoms with van der Waals surface area (Å²) in [4.78, 5) is 0. The first kappa shape index (κ1) is 10.7. The molecule has 1 aromatic carbocycles. The molecule has 1 aromatic rings. The summed E-state index contributed by atoms with van der Waals surface area (Å²) in [6, 6.07) is 3.08. The summed E-state index contributed by atoms with van der Waals surface area (Å²) in [6.07, 6.45) is 0. The van der Waals surface area contributed by atoms with Gasteiger partial charge in [0.05, 0.1) is 10.6 Å². The maximum Gasteiger partial charge on any atom is 0.387 e. The van der Waals surface area contributed by atoms with Crippen LogP contribution in [-0.4, -0.2) is 6.61 Å². The molecule has 0 radical (unpaired) electrons. The highest BCUT2D eigenvalue weighted by Crippen LogP contribution is 2.26. The van der Waals surface area contributed by atoms with Gasteiger partial charge >= 0.3 is 6.61 Å². The Labute approximate surface area is 82.5 Å². The minimum Gasteiger partial charge on any atom is -0.433 e. The van der Waals surface area contributed by atoms with Crippen molar-refractivity contribution in [2.75, 3.05) is 0 Å².